The summed E-state index contributed by atoms with van der Waals surface area (Å²) in [5.74, 6) is -0.730. The number of hydrogen-bond donors (Lipinski definition) is 1. The molecule has 116 valence electrons. The number of carboxylic acids is 1. The van der Waals surface area contributed by atoms with Gasteiger partial charge in [0.05, 0.1) is 0 Å². The Bertz CT molecular complexity index is 464. The number of nitrogens with zero attached hydrogens (tertiary/aromatic N) is 2. The van der Waals surface area contributed by atoms with E-state index in [0.29, 0.717) is 6.04 Å². The molecule has 4 nitrogen and oxygen atoms in total. The van der Waals surface area contributed by atoms with E-state index in [9.17, 15) is 4.79 Å². The second kappa shape index (κ2) is 7.05. The topological polar surface area (TPSA) is 43.8 Å². The van der Waals surface area contributed by atoms with Gasteiger partial charge in [-0.1, -0.05) is 31.2 Å². The van der Waals surface area contributed by atoms with Crippen molar-refractivity contribution in [3.05, 3.63) is 35.4 Å². The average Bonchev–Trinajstić information content (AvgIpc) is 2.53. The van der Waals surface area contributed by atoms with Gasteiger partial charge in [0.25, 0.3) is 0 Å². The van der Waals surface area contributed by atoms with Crippen LogP contribution >= 0.6 is 0 Å². The molecule has 1 aliphatic rings. The van der Waals surface area contributed by atoms with Crippen LogP contribution in [0, 0.1) is 0 Å². The highest BCUT2D eigenvalue weighted by Gasteiger charge is 2.27. The van der Waals surface area contributed by atoms with Crippen molar-refractivity contribution >= 4 is 5.97 Å². The fourth-order valence-electron chi connectivity index (χ4n) is 2.91. The van der Waals surface area contributed by atoms with E-state index < -0.39 is 5.97 Å². The Kier molecular flexibility index (Phi) is 5.37. The van der Waals surface area contributed by atoms with E-state index in [1.165, 1.54) is 11.1 Å². The molecule has 1 aromatic rings. The normalized spacial score (nSPS) is 20.1. The van der Waals surface area contributed by atoms with Crippen LogP contribution in [0.4, 0.5) is 0 Å². The van der Waals surface area contributed by atoms with Crippen molar-refractivity contribution in [3.8, 4) is 0 Å². The third-order valence-electron chi connectivity index (χ3n) is 4.67. The van der Waals surface area contributed by atoms with Gasteiger partial charge in [-0.15, -0.1) is 0 Å². The Morgan fingerprint density at radius 1 is 1.10 bits per heavy atom. The molecule has 0 aromatic heterocycles. The maximum atomic E-state index is 11.0. The Morgan fingerprint density at radius 2 is 1.62 bits per heavy atom. The fourth-order valence-corrected chi connectivity index (χ4v) is 2.91. The third kappa shape index (κ3) is 3.83. The lowest BCUT2D eigenvalue weighted by atomic mass is 10.0. The van der Waals surface area contributed by atoms with Crippen molar-refractivity contribution in [3.63, 3.8) is 0 Å². The van der Waals surface area contributed by atoms with E-state index in [2.05, 4.69) is 43.0 Å². The molecule has 1 heterocycles. The van der Waals surface area contributed by atoms with Crippen molar-refractivity contribution in [2.75, 3.05) is 26.2 Å². The second-order valence-corrected chi connectivity index (χ2v) is 5.86. The highest BCUT2D eigenvalue weighted by atomic mass is 16.4. The molecule has 1 N–H and O–H groups in total. The summed E-state index contributed by atoms with van der Waals surface area (Å²) in [6.07, 6.45) is 1.07. The number of hydrogen-bond acceptors (Lipinski definition) is 3. The first-order chi connectivity index (χ1) is 10.0. The summed E-state index contributed by atoms with van der Waals surface area (Å²) < 4.78 is 0. The van der Waals surface area contributed by atoms with Crippen LogP contribution < -0.4 is 0 Å². The molecule has 4 heteroatoms. The van der Waals surface area contributed by atoms with E-state index >= 15 is 0 Å². The molecule has 1 saturated heterocycles. The summed E-state index contributed by atoms with van der Waals surface area (Å²) in [4.78, 5) is 15.5. The van der Waals surface area contributed by atoms with Crippen LogP contribution in [0.1, 0.15) is 37.9 Å². The number of piperazine rings is 1. The average molecular weight is 290 g/mol. The fraction of sp³-hybridized carbons (Fsp3) is 0.588. The lowest BCUT2D eigenvalue weighted by Gasteiger charge is -2.39. The van der Waals surface area contributed by atoms with Gasteiger partial charge in [0.15, 0.2) is 0 Å². The molecule has 1 aromatic carbocycles. The molecule has 0 saturated carbocycles. The highest BCUT2D eigenvalue weighted by Crippen LogP contribution is 2.22. The first kappa shape index (κ1) is 16.0. The van der Waals surface area contributed by atoms with Crippen LogP contribution in [-0.2, 0) is 11.2 Å². The van der Waals surface area contributed by atoms with Crippen LogP contribution in [0.5, 0.6) is 0 Å². The van der Waals surface area contributed by atoms with Gasteiger partial charge in [0.1, 0.15) is 6.04 Å². The van der Waals surface area contributed by atoms with Crippen molar-refractivity contribution in [1.29, 1.82) is 0 Å². The van der Waals surface area contributed by atoms with E-state index in [4.69, 9.17) is 5.11 Å². The number of carbonyl (C=O) groups is 1. The molecular formula is C17H26N2O2. The number of aryl methyl sites for hydroxylation is 1. The van der Waals surface area contributed by atoms with Crippen LogP contribution in [-0.4, -0.2) is 53.1 Å². The van der Waals surface area contributed by atoms with Gasteiger partial charge in [-0.05, 0) is 31.4 Å². The SMILES string of the molecule is CCc1ccc(C(C)N2CCN(C(C)C(=O)O)CC2)cc1. The number of rotatable bonds is 5. The van der Waals surface area contributed by atoms with Gasteiger partial charge in [-0.25, -0.2) is 0 Å². The molecule has 21 heavy (non-hydrogen) atoms. The van der Waals surface area contributed by atoms with Crippen molar-refractivity contribution < 1.29 is 9.90 Å². The van der Waals surface area contributed by atoms with Gasteiger partial charge in [-0.2, -0.15) is 0 Å². The van der Waals surface area contributed by atoms with Gasteiger partial charge >= 0.3 is 5.97 Å². The molecule has 0 radical (unpaired) electrons. The first-order valence-corrected chi connectivity index (χ1v) is 7.82. The van der Waals surface area contributed by atoms with Crippen LogP contribution in [0.15, 0.2) is 24.3 Å². The molecule has 0 spiro atoms. The quantitative estimate of drug-likeness (QED) is 0.904. The van der Waals surface area contributed by atoms with E-state index in [1.807, 2.05) is 4.90 Å². The van der Waals surface area contributed by atoms with E-state index in [0.717, 1.165) is 32.6 Å². The smallest absolute Gasteiger partial charge is 0.320 e. The standard InChI is InChI=1S/C17H26N2O2/c1-4-15-5-7-16(8-6-15)13(2)18-9-11-19(12-10-18)14(3)17(20)21/h5-8,13-14H,4,9-12H2,1-3H3,(H,20,21). The molecule has 0 amide bonds. The predicted octanol–water partition coefficient (Wildman–Crippen LogP) is 2.40. The monoisotopic (exact) mass is 290 g/mol. The van der Waals surface area contributed by atoms with Crippen molar-refractivity contribution in [2.24, 2.45) is 0 Å². The molecule has 2 rings (SSSR count). The van der Waals surface area contributed by atoms with Crippen LogP contribution in [0.3, 0.4) is 0 Å². The molecule has 2 atom stereocenters. The van der Waals surface area contributed by atoms with Crippen molar-refractivity contribution in [1.82, 2.24) is 9.80 Å². The maximum absolute atomic E-state index is 11.0. The first-order valence-electron chi connectivity index (χ1n) is 7.82. The lowest BCUT2D eigenvalue weighted by Crippen LogP contribution is -2.52. The number of carboxylic acid groups (broad SMARTS) is 1. The summed E-state index contributed by atoms with van der Waals surface area (Å²) in [5.41, 5.74) is 2.71. The van der Waals surface area contributed by atoms with Crippen molar-refractivity contribution in [2.45, 2.75) is 39.3 Å². The molecule has 0 aliphatic carbocycles. The zero-order valence-electron chi connectivity index (χ0n) is 13.2. The summed E-state index contributed by atoms with van der Waals surface area (Å²) in [5, 5.41) is 9.08. The number of aliphatic carboxylic acids is 1. The Hall–Kier alpha value is -1.39. The summed E-state index contributed by atoms with van der Waals surface area (Å²) >= 11 is 0. The van der Waals surface area contributed by atoms with Gasteiger partial charge in [0, 0.05) is 32.2 Å². The molecule has 0 bridgehead atoms. The minimum absolute atomic E-state index is 0.383. The summed E-state index contributed by atoms with van der Waals surface area (Å²) in [7, 11) is 0. The Morgan fingerprint density at radius 3 is 2.10 bits per heavy atom. The molecular weight excluding hydrogens is 264 g/mol. The summed E-state index contributed by atoms with van der Waals surface area (Å²) in [6.45, 7) is 9.67. The van der Waals surface area contributed by atoms with E-state index in [1.54, 1.807) is 6.92 Å². The minimum atomic E-state index is -0.730. The Balaban J connectivity index is 1.93. The Labute approximate surface area is 127 Å². The van der Waals surface area contributed by atoms with Crippen LogP contribution in [0.25, 0.3) is 0 Å². The predicted molar refractivity (Wildman–Crippen MR) is 84.5 cm³/mol. The lowest BCUT2D eigenvalue weighted by molar-refractivity contribution is -0.143. The highest BCUT2D eigenvalue weighted by molar-refractivity contribution is 5.72. The zero-order valence-corrected chi connectivity index (χ0v) is 13.2. The second-order valence-electron chi connectivity index (χ2n) is 5.86. The van der Waals surface area contributed by atoms with Crippen LogP contribution in [0.2, 0.25) is 0 Å². The van der Waals surface area contributed by atoms with Gasteiger partial charge < -0.3 is 5.11 Å². The summed E-state index contributed by atoms with van der Waals surface area (Å²) in [6, 6.07) is 8.85. The largest absolute Gasteiger partial charge is 0.480 e. The zero-order chi connectivity index (χ0) is 15.4. The van der Waals surface area contributed by atoms with E-state index in [-0.39, 0.29) is 6.04 Å². The third-order valence-corrected chi connectivity index (χ3v) is 4.67. The maximum Gasteiger partial charge on any atom is 0.320 e. The number of benzene rings is 1. The van der Waals surface area contributed by atoms with Gasteiger partial charge in [0.2, 0.25) is 0 Å². The minimum Gasteiger partial charge on any atom is -0.480 e. The molecule has 1 aliphatic heterocycles. The molecule has 2 unspecified atom stereocenters. The molecule has 1 fully saturated rings. The van der Waals surface area contributed by atoms with Gasteiger partial charge in [-0.3, -0.25) is 14.6 Å².